The van der Waals surface area contributed by atoms with Gasteiger partial charge in [-0.15, -0.1) is 0 Å². The molecule has 0 aliphatic heterocycles. The molecule has 4 heteroatoms. The summed E-state index contributed by atoms with van der Waals surface area (Å²) in [6, 6.07) is 8.52. The van der Waals surface area contributed by atoms with Gasteiger partial charge in [-0.05, 0) is 37.3 Å². The number of furan rings is 1. The van der Waals surface area contributed by atoms with Crippen molar-refractivity contribution in [3.63, 3.8) is 0 Å². The van der Waals surface area contributed by atoms with E-state index in [0.29, 0.717) is 22.2 Å². The first-order valence-electron chi connectivity index (χ1n) is 5.36. The van der Waals surface area contributed by atoms with Crippen LogP contribution >= 0.6 is 15.9 Å². The molecule has 2 nitrogen and oxygen atoms in total. The number of rotatable bonds is 3. The number of halogens is 2. The maximum Gasteiger partial charge on any atom is 0.137 e. The highest BCUT2D eigenvalue weighted by Gasteiger charge is 2.10. The molecule has 90 valence electrons. The summed E-state index contributed by atoms with van der Waals surface area (Å²) in [4.78, 5) is 0. The molecule has 0 aliphatic carbocycles. The monoisotopic (exact) mass is 297 g/mol. The Balaban J connectivity index is 2.30. The van der Waals surface area contributed by atoms with Crippen LogP contribution in [0.4, 0.5) is 4.39 Å². The Morgan fingerprint density at radius 1 is 1.35 bits per heavy atom. The molecule has 1 heterocycles. The molecule has 0 amide bonds. The fraction of sp³-hybridized carbons (Fsp3) is 0.231. The van der Waals surface area contributed by atoms with Gasteiger partial charge < -0.3 is 10.2 Å². The predicted molar refractivity (Wildman–Crippen MR) is 69.2 cm³/mol. The molecule has 0 saturated heterocycles. The summed E-state index contributed by atoms with van der Waals surface area (Å²) in [6.45, 7) is 1.91. The topological polar surface area (TPSA) is 39.2 Å². The van der Waals surface area contributed by atoms with E-state index in [9.17, 15) is 4.39 Å². The highest BCUT2D eigenvalue weighted by atomic mass is 79.9. The molecule has 1 atom stereocenters. The summed E-state index contributed by atoms with van der Waals surface area (Å²) >= 11 is 3.22. The molecule has 17 heavy (non-hydrogen) atoms. The standard InChI is InChI=1S/C13H13BrFNO/c1-8(16)6-10-3-5-13(17-10)11-4-2-9(14)7-12(11)15/h2-5,7-8H,6,16H2,1H3. The van der Waals surface area contributed by atoms with Gasteiger partial charge in [0.25, 0.3) is 0 Å². The van der Waals surface area contributed by atoms with Crippen LogP contribution in [-0.2, 0) is 6.42 Å². The van der Waals surface area contributed by atoms with Crippen molar-refractivity contribution < 1.29 is 8.81 Å². The van der Waals surface area contributed by atoms with E-state index >= 15 is 0 Å². The minimum absolute atomic E-state index is 0.0313. The first kappa shape index (κ1) is 12.3. The minimum Gasteiger partial charge on any atom is -0.461 e. The van der Waals surface area contributed by atoms with Gasteiger partial charge in [0.1, 0.15) is 17.3 Å². The van der Waals surface area contributed by atoms with Gasteiger partial charge in [-0.1, -0.05) is 15.9 Å². The maximum atomic E-state index is 13.7. The van der Waals surface area contributed by atoms with Crippen LogP contribution in [0.1, 0.15) is 12.7 Å². The van der Waals surface area contributed by atoms with Crippen molar-refractivity contribution in [2.75, 3.05) is 0 Å². The second-order valence-corrected chi connectivity index (χ2v) is 4.99. The zero-order valence-electron chi connectivity index (χ0n) is 9.41. The van der Waals surface area contributed by atoms with Crippen molar-refractivity contribution >= 4 is 15.9 Å². The van der Waals surface area contributed by atoms with E-state index in [0.717, 1.165) is 5.76 Å². The first-order chi connectivity index (χ1) is 8.06. The molecule has 0 radical (unpaired) electrons. The van der Waals surface area contributed by atoms with E-state index in [1.54, 1.807) is 18.2 Å². The third kappa shape index (κ3) is 2.96. The van der Waals surface area contributed by atoms with Crippen LogP contribution < -0.4 is 5.73 Å². The molecule has 2 rings (SSSR count). The zero-order chi connectivity index (χ0) is 12.4. The van der Waals surface area contributed by atoms with Gasteiger partial charge in [0.15, 0.2) is 0 Å². The molecule has 1 unspecified atom stereocenters. The van der Waals surface area contributed by atoms with Gasteiger partial charge in [-0.3, -0.25) is 0 Å². The highest BCUT2D eigenvalue weighted by Crippen LogP contribution is 2.27. The summed E-state index contributed by atoms with van der Waals surface area (Å²) in [7, 11) is 0. The lowest BCUT2D eigenvalue weighted by Crippen LogP contribution is -2.17. The molecule has 0 aliphatic rings. The number of nitrogens with two attached hydrogens (primary N) is 1. The summed E-state index contributed by atoms with van der Waals surface area (Å²) in [5.74, 6) is 1.00. The maximum absolute atomic E-state index is 13.7. The average Bonchev–Trinajstić information content (AvgIpc) is 2.65. The lowest BCUT2D eigenvalue weighted by molar-refractivity contribution is 0.499. The third-order valence-corrected chi connectivity index (χ3v) is 2.87. The fourth-order valence-corrected chi connectivity index (χ4v) is 1.97. The van der Waals surface area contributed by atoms with Gasteiger partial charge in [0.05, 0.1) is 5.56 Å². The number of hydrogen-bond donors (Lipinski definition) is 1. The second kappa shape index (κ2) is 5.02. The summed E-state index contributed by atoms with van der Waals surface area (Å²) < 4.78 is 20.0. The van der Waals surface area contributed by atoms with Gasteiger partial charge in [0, 0.05) is 16.9 Å². The van der Waals surface area contributed by atoms with Crippen molar-refractivity contribution in [3.8, 4) is 11.3 Å². The van der Waals surface area contributed by atoms with Gasteiger partial charge in [0.2, 0.25) is 0 Å². The molecule has 0 fully saturated rings. The SMILES string of the molecule is CC(N)Cc1ccc(-c2ccc(Br)cc2F)o1. The summed E-state index contributed by atoms with van der Waals surface area (Å²) in [5, 5.41) is 0. The van der Waals surface area contributed by atoms with Crippen LogP contribution in [0.2, 0.25) is 0 Å². The predicted octanol–water partition coefficient (Wildman–Crippen LogP) is 3.74. The van der Waals surface area contributed by atoms with E-state index in [4.69, 9.17) is 10.2 Å². The van der Waals surface area contributed by atoms with E-state index < -0.39 is 0 Å². The fourth-order valence-electron chi connectivity index (χ4n) is 1.64. The molecule has 1 aromatic carbocycles. The Morgan fingerprint density at radius 2 is 2.12 bits per heavy atom. The quantitative estimate of drug-likeness (QED) is 0.937. The average molecular weight is 298 g/mol. The van der Waals surface area contributed by atoms with E-state index in [2.05, 4.69) is 15.9 Å². The second-order valence-electron chi connectivity index (χ2n) is 4.07. The highest BCUT2D eigenvalue weighted by molar-refractivity contribution is 9.10. The molecule has 1 aromatic heterocycles. The zero-order valence-corrected chi connectivity index (χ0v) is 11.0. The van der Waals surface area contributed by atoms with Crippen LogP contribution in [0, 0.1) is 5.82 Å². The molecule has 2 aromatic rings. The summed E-state index contributed by atoms with van der Waals surface area (Å²) in [5.41, 5.74) is 6.14. The van der Waals surface area contributed by atoms with Crippen LogP contribution in [0.3, 0.4) is 0 Å². The third-order valence-electron chi connectivity index (χ3n) is 2.38. The molecule has 2 N–H and O–H groups in total. The van der Waals surface area contributed by atoms with Crippen molar-refractivity contribution in [3.05, 3.63) is 46.4 Å². The molecular formula is C13H13BrFNO. The molecular weight excluding hydrogens is 285 g/mol. The molecule has 0 spiro atoms. The smallest absolute Gasteiger partial charge is 0.137 e. The minimum atomic E-state index is -0.305. The van der Waals surface area contributed by atoms with Crippen LogP contribution in [0.15, 0.2) is 39.2 Å². The van der Waals surface area contributed by atoms with Gasteiger partial charge >= 0.3 is 0 Å². The van der Waals surface area contributed by atoms with Gasteiger partial charge in [-0.25, -0.2) is 4.39 Å². The Kier molecular flexibility index (Phi) is 3.64. The summed E-state index contributed by atoms with van der Waals surface area (Å²) in [6.07, 6.45) is 0.651. The van der Waals surface area contributed by atoms with E-state index in [1.807, 2.05) is 13.0 Å². The first-order valence-corrected chi connectivity index (χ1v) is 6.15. The molecule has 0 saturated carbocycles. The Labute approximate surface area is 108 Å². The van der Waals surface area contributed by atoms with Crippen LogP contribution in [0.5, 0.6) is 0 Å². The van der Waals surface area contributed by atoms with Gasteiger partial charge in [-0.2, -0.15) is 0 Å². The van der Waals surface area contributed by atoms with Crippen molar-refractivity contribution in [1.29, 1.82) is 0 Å². The van der Waals surface area contributed by atoms with Crippen molar-refractivity contribution in [2.45, 2.75) is 19.4 Å². The normalized spacial score (nSPS) is 12.7. The van der Waals surface area contributed by atoms with Crippen LogP contribution in [0.25, 0.3) is 11.3 Å². The number of benzene rings is 1. The number of hydrogen-bond acceptors (Lipinski definition) is 2. The molecule has 0 bridgehead atoms. The van der Waals surface area contributed by atoms with Crippen molar-refractivity contribution in [1.82, 2.24) is 0 Å². The largest absolute Gasteiger partial charge is 0.461 e. The lowest BCUT2D eigenvalue weighted by atomic mass is 10.1. The Bertz CT molecular complexity index is 522. The van der Waals surface area contributed by atoms with E-state index in [1.165, 1.54) is 6.07 Å². The van der Waals surface area contributed by atoms with Crippen LogP contribution in [-0.4, -0.2) is 6.04 Å². The Morgan fingerprint density at radius 3 is 2.76 bits per heavy atom. The Hall–Kier alpha value is -1.13. The van der Waals surface area contributed by atoms with E-state index in [-0.39, 0.29) is 11.9 Å². The lowest BCUT2D eigenvalue weighted by Gasteiger charge is -2.02. The van der Waals surface area contributed by atoms with Crippen molar-refractivity contribution in [2.24, 2.45) is 5.73 Å².